The molecule has 2 aromatic carbocycles. The molecule has 2 aliphatic heterocycles. The van der Waals surface area contributed by atoms with Crippen LogP contribution < -0.4 is 70.6 Å². The molecule has 3 unspecified atom stereocenters. The highest BCUT2D eigenvalue weighted by Gasteiger charge is 2.42. The fourth-order valence-electron chi connectivity index (χ4n) is 9.71. The summed E-state index contributed by atoms with van der Waals surface area (Å²) in [6.45, 7) is 1.88. The van der Waals surface area contributed by atoms with Crippen LogP contribution in [0.3, 0.4) is 0 Å². The molecule has 0 bridgehead atoms. The molecule has 442 valence electrons. The number of amides is 11. The third kappa shape index (κ3) is 21.1. The van der Waals surface area contributed by atoms with Crippen LogP contribution in [0.2, 0.25) is 0 Å². The molecule has 11 amide bonds. The number of primary amides is 3. The Bertz CT molecular complexity index is 2590. The van der Waals surface area contributed by atoms with Crippen LogP contribution in [-0.2, 0) is 65.6 Å². The number of nitrogens with one attached hydrogen (secondary N) is 7. The molecule has 3 fully saturated rings. The maximum Gasteiger partial charge on any atom is 0.246 e. The second kappa shape index (κ2) is 32.0. The lowest BCUT2D eigenvalue weighted by molar-refractivity contribution is -0.142. The van der Waals surface area contributed by atoms with Gasteiger partial charge in [-0.05, 0) is 75.1 Å². The van der Waals surface area contributed by atoms with E-state index in [0.29, 0.717) is 42.7 Å². The van der Waals surface area contributed by atoms with E-state index in [0.717, 1.165) is 19.3 Å². The zero-order chi connectivity index (χ0) is 59.1. The van der Waals surface area contributed by atoms with Crippen molar-refractivity contribution in [3.05, 3.63) is 65.7 Å². The fourth-order valence-corrected chi connectivity index (χ4v) is 13.1. The number of guanidine groups is 1. The van der Waals surface area contributed by atoms with Gasteiger partial charge in [0.05, 0.1) is 19.6 Å². The number of likely N-dealkylation sites (tertiary alicyclic amines) is 1. The average Bonchev–Trinajstić information content (AvgIpc) is 3.95. The number of carbonyl (C=O) groups is 11. The van der Waals surface area contributed by atoms with Gasteiger partial charge in [0.2, 0.25) is 65.0 Å². The van der Waals surface area contributed by atoms with Gasteiger partial charge in [-0.15, -0.1) is 0 Å². The molecule has 5 rings (SSSR count). The quantitative estimate of drug-likeness (QED) is 0.0280. The van der Waals surface area contributed by atoms with Crippen molar-refractivity contribution in [2.45, 2.75) is 150 Å². The van der Waals surface area contributed by atoms with E-state index in [-0.39, 0.29) is 63.3 Å². The van der Waals surface area contributed by atoms with Crippen LogP contribution in [0.25, 0.3) is 0 Å². The van der Waals surface area contributed by atoms with Gasteiger partial charge in [-0.3, -0.25) is 57.7 Å². The molecule has 17 N–H and O–H groups in total. The molecule has 1 spiro atoms. The minimum absolute atomic E-state index is 0.00891. The molecule has 81 heavy (non-hydrogen) atoms. The number of aliphatic imine (C=N–C) groups is 1. The van der Waals surface area contributed by atoms with Gasteiger partial charge in [-0.25, -0.2) is 0 Å². The van der Waals surface area contributed by atoms with Crippen molar-refractivity contribution >= 4 is 92.5 Å². The highest BCUT2D eigenvalue weighted by atomic mass is 33.1. The standard InChI is InChI=1S/C53H76N14O12S2/c1-2-79-33-17-15-32(16-18-33)26-36-47(74)64-37(25-31-11-5-3-6-12-31)48(75)62-35(19-20-41(54)68)46(73)65-38(27-42(55)69)49(76)66-39(30-80-81-53(28-44(71)61-36)21-7-4-8-22-53)51(78)67-24-10-14-40(67)50(77)63-34(13-9-23-59-52(57)58)45(72)60-29-43(56)70/h3,5-6,11-12,15-18,34-40H,2,4,7-10,13-14,19-30H2,1H3,(H2,54,68)(H2,55,69)(H2,56,70)(H,60,72)(H,61,71)(H,62,75)(H,63,77)(H,64,74)(H,65,73)(H,66,76)(H4,57,58,59)/t34-,35-,36?,37?,38-,39?,40-/m0/s1. The fraction of sp³-hybridized carbons (Fsp3) is 0.547. The number of nitrogens with two attached hydrogens (primary N) is 5. The largest absolute Gasteiger partial charge is 0.494 e. The second-order valence-corrected chi connectivity index (χ2v) is 23.0. The number of hydrogen-bond donors (Lipinski definition) is 12. The number of nitrogens with zero attached hydrogens (tertiary/aromatic N) is 2. The van der Waals surface area contributed by atoms with E-state index in [9.17, 15) is 52.7 Å². The minimum Gasteiger partial charge on any atom is -0.494 e. The van der Waals surface area contributed by atoms with Crippen LogP contribution in [0.15, 0.2) is 59.6 Å². The second-order valence-electron chi connectivity index (χ2n) is 20.2. The van der Waals surface area contributed by atoms with Crippen molar-refractivity contribution in [3.8, 4) is 5.75 Å². The summed E-state index contributed by atoms with van der Waals surface area (Å²) in [5.74, 6) is -8.88. The van der Waals surface area contributed by atoms with Gasteiger partial charge < -0.3 is 75.5 Å². The first kappa shape index (κ1) is 64.2. The van der Waals surface area contributed by atoms with E-state index in [1.165, 1.54) is 26.5 Å². The third-order valence-electron chi connectivity index (χ3n) is 13.8. The molecule has 28 heteroatoms. The molecule has 2 heterocycles. The van der Waals surface area contributed by atoms with Gasteiger partial charge in [0.1, 0.15) is 48.0 Å². The molecule has 7 atom stereocenters. The van der Waals surface area contributed by atoms with Gasteiger partial charge in [0.15, 0.2) is 5.96 Å². The van der Waals surface area contributed by atoms with Gasteiger partial charge in [0.25, 0.3) is 0 Å². The van der Waals surface area contributed by atoms with Crippen LogP contribution in [0.1, 0.15) is 102 Å². The molecular weight excluding hydrogens is 1090 g/mol. The Morgan fingerprint density at radius 3 is 1.99 bits per heavy atom. The van der Waals surface area contributed by atoms with Crippen molar-refractivity contribution < 1.29 is 57.5 Å². The summed E-state index contributed by atoms with van der Waals surface area (Å²) >= 11 is 0. The zero-order valence-electron chi connectivity index (χ0n) is 45.4. The highest BCUT2D eigenvalue weighted by Crippen LogP contribution is 2.48. The highest BCUT2D eigenvalue weighted by molar-refractivity contribution is 8.77. The topological polar surface area (TPSA) is 427 Å². The molecule has 3 aliphatic rings. The Balaban J connectivity index is 1.54. The third-order valence-corrected chi connectivity index (χ3v) is 17.1. The number of benzene rings is 2. The number of ether oxygens (including phenoxy) is 1. The predicted octanol–water partition coefficient (Wildman–Crippen LogP) is -1.95. The molecule has 1 aliphatic carbocycles. The Hall–Kier alpha value is -7.62. The van der Waals surface area contributed by atoms with Crippen LogP contribution in [0.5, 0.6) is 5.75 Å². The Kier molecular flexibility index (Phi) is 25.4. The van der Waals surface area contributed by atoms with Gasteiger partial charge >= 0.3 is 0 Å². The first-order valence-electron chi connectivity index (χ1n) is 27.0. The smallest absolute Gasteiger partial charge is 0.246 e. The lowest BCUT2D eigenvalue weighted by atomic mass is 9.85. The molecule has 0 radical (unpaired) electrons. The minimum atomic E-state index is -1.77. The Labute approximate surface area is 477 Å². The molecule has 0 aromatic heterocycles. The van der Waals surface area contributed by atoms with E-state index in [4.69, 9.17) is 33.4 Å². The van der Waals surface area contributed by atoms with Crippen LogP contribution in [0.4, 0.5) is 0 Å². The molecule has 1 saturated carbocycles. The predicted molar refractivity (Wildman–Crippen MR) is 303 cm³/mol. The Morgan fingerprint density at radius 2 is 1.36 bits per heavy atom. The van der Waals surface area contributed by atoms with Crippen molar-refractivity contribution in [1.29, 1.82) is 0 Å². The summed E-state index contributed by atoms with van der Waals surface area (Å²) in [5, 5.41) is 18.5. The van der Waals surface area contributed by atoms with Crippen molar-refractivity contribution in [2.24, 2.45) is 33.7 Å². The lowest BCUT2D eigenvalue weighted by Crippen LogP contribution is -2.61. The van der Waals surface area contributed by atoms with Crippen LogP contribution in [-0.4, -0.2) is 155 Å². The summed E-state index contributed by atoms with van der Waals surface area (Å²) in [6.07, 6.45) is 2.42. The normalized spacial score (nSPS) is 22.5. The van der Waals surface area contributed by atoms with E-state index >= 15 is 0 Å². The zero-order valence-corrected chi connectivity index (χ0v) is 47.0. The monoisotopic (exact) mass is 1160 g/mol. The van der Waals surface area contributed by atoms with Crippen molar-refractivity contribution in [3.63, 3.8) is 0 Å². The van der Waals surface area contributed by atoms with E-state index in [1.54, 1.807) is 54.6 Å². The van der Waals surface area contributed by atoms with Crippen molar-refractivity contribution in [2.75, 3.05) is 32.0 Å². The summed E-state index contributed by atoms with van der Waals surface area (Å²) < 4.78 is 4.88. The lowest BCUT2D eigenvalue weighted by Gasteiger charge is -2.37. The van der Waals surface area contributed by atoms with Gasteiger partial charge in [-0.1, -0.05) is 83.3 Å². The van der Waals surface area contributed by atoms with Crippen molar-refractivity contribution in [1.82, 2.24) is 42.1 Å². The van der Waals surface area contributed by atoms with Gasteiger partial charge in [-0.2, -0.15) is 0 Å². The first-order valence-corrected chi connectivity index (χ1v) is 29.3. The van der Waals surface area contributed by atoms with Gasteiger partial charge in [0, 0.05) is 49.3 Å². The van der Waals surface area contributed by atoms with E-state index in [1.807, 2.05) is 6.92 Å². The maximum absolute atomic E-state index is 15.0. The van der Waals surface area contributed by atoms with Crippen LogP contribution in [0, 0.1) is 0 Å². The summed E-state index contributed by atoms with van der Waals surface area (Å²) in [5.41, 5.74) is 28.6. The maximum atomic E-state index is 15.0. The number of rotatable bonds is 21. The summed E-state index contributed by atoms with van der Waals surface area (Å²) in [7, 11) is 2.52. The molecule has 26 nitrogen and oxygen atoms in total. The molecule has 2 aromatic rings. The van der Waals surface area contributed by atoms with E-state index in [2.05, 4.69) is 42.2 Å². The number of hydrogen-bond acceptors (Lipinski definition) is 15. The first-order chi connectivity index (χ1) is 38.6. The Morgan fingerprint density at radius 1 is 0.741 bits per heavy atom. The summed E-state index contributed by atoms with van der Waals surface area (Å²) in [4.78, 5) is 157. The van der Waals surface area contributed by atoms with E-state index < -0.39 is 138 Å². The molecule has 2 saturated heterocycles. The molecular formula is C53H76N14O12S2. The number of carbonyl (C=O) groups excluding carboxylic acids is 11. The summed E-state index contributed by atoms with van der Waals surface area (Å²) in [6, 6.07) is 5.81. The SMILES string of the molecule is CCOc1ccc(CC2NC(=O)CC3(CCCCC3)SSCC(C(=O)N3CCC[C@H]3C(=O)N[C@@H](CCCN=C(N)N)C(=O)NCC(N)=O)NC(=O)[C@H](CC(N)=O)NC(=O)[C@H](CCC(N)=O)NC(=O)C(Cc3ccccc3)NC2=O)cc1. The average molecular weight is 1170 g/mol. The van der Waals surface area contributed by atoms with Crippen LogP contribution >= 0.6 is 21.6 Å².